The largest absolute Gasteiger partial charge is 0.496 e. The highest BCUT2D eigenvalue weighted by molar-refractivity contribution is 7.91. The Balaban J connectivity index is 1.26. The molecule has 1 aromatic carbocycles. The Kier molecular flexibility index (Phi) is 11.8. The van der Waals surface area contributed by atoms with Crippen LogP contribution in [0.1, 0.15) is 109 Å². The van der Waals surface area contributed by atoms with Gasteiger partial charge in [0.15, 0.2) is 0 Å². The topological polar surface area (TPSA) is 192 Å². The van der Waals surface area contributed by atoms with Crippen molar-refractivity contribution in [3.8, 4) is 17.4 Å². The van der Waals surface area contributed by atoms with Crippen LogP contribution in [0, 0.1) is 11.3 Å². The summed E-state index contributed by atoms with van der Waals surface area (Å²) in [7, 11) is -0.745. The molecule has 57 heavy (non-hydrogen) atoms. The molecule has 3 aliphatic heterocycles. The molecule has 5 aliphatic rings. The minimum atomic E-state index is -3.88. The Bertz CT molecular complexity index is 1990. The number of nitrogens with one attached hydrogen (secondary N) is 3. The molecule has 3 N–H and O–H groups in total. The normalized spacial score (nSPS) is 28.8. The minimum Gasteiger partial charge on any atom is -0.496 e. The summed E-state index contributed by atoms with van der Waals surface area (Å²) in [5.74, 6) is -0.577. The third-order valence-corrected chi connectivity index (χ3v) is 14.2. The van der Waals surface area contributed by atoms with Gasteiger partial charge in [-0.05, 0) is 74.3 Å². The lowest BCUT2D eigenvalue weighted by molar-refractivity contribution is -0.141. The van der Waals surface area contributed by atoms with E-state index in [0.29, 0.717) is 61.4 Å². The molecule has 312 valence electrons. The molecule has 0 spiro atoms. The minimum absolute atomic E-state index is 0.00497. The van der Waals surface area contributed by atoms with Crippen molar-refractivity contribution in [3.63, 3.8) is 0 Å². The molecule has 0 unspecified atom stereocenters. The van der Waals surface area contributed by atoms with Crippen LogP contribution in [0.4, 0.5) is 4.79 Å². The number of alkyl carbamates (subject to hydrolysis) is 1. The predicted molar refractivity (Wildman–Crippen MR) is 210 cm³/mol. The number of nitrogens with zero attached hydrogens (tertiary/aromatic N) is 2. The van der Waals surface area contributed by atoms with Gasteiger partial charge in [0, 0.05) is 23.9 Å². The van der Waals surface area contributed by atoms with Crippen LogP contribution in [0.5, 0.6) is 17.4 Å². The number of benzene rings is 1. The molecule has 4 heterocycles. The number of aromatic nitrogens is 1. The summed E-state index contributed by atoms with van der Waals surface area (Å²) in [6.45, 7) is 4.25. The van der Waals surface area contributed by atoms with E-state index in [9.17, 15) is 27.6 Å². The zero-order valence-corrected chi connectivity index (χ0v) is 34.3. The third kappa shape index (κ3) is 9.20. The summed E-state index contributed by atoms with van der Waals surface area (Å²) in [5.41, 5.74) is -0.188. The second-order valence-corrected chi connectivity index (χ2v) is 19.3. The van der Waals surface area contributed by atoms with E-state index in [1.54, 1.807) is 13.2 Å². The van der Waals surface area contributed by atoms with Gasteiger partial charge in [-0.2, -0.15) is 0 Å². The number of sulfonamides is 1. The predicted octanol–water partition coefficient (Wildman–Crippen LogP) is 4.68. The number of pyridine rings is 1. The molecule has 5 bridgehead atoms. The first-order valence-corrected chi connectivity index (χ1v) is 22.1. The molecule has 2 saturated carbocycles. The van der Waals surface area contributed by atoms with Crippen LogP contribution >= 0.6 is 0 Å². The van der Waals surface area contributed by atoms with Crippen LogP contribution in [-0.2, 0) is 35.6 Å². The average Bonchev–Trinajstić information content (AvgIpc) is 4.10. The number of ether oxygens (including phenoxy) is 4. The van der Waals surface area contributed by atoms with E-state index < -0.39 is 62.8 Å². The molecule has 0 radical (unpaired) electrons. The Labute approximate surface area is 334 Å². The Hall–Kier alpha value is -4.34. The van der Waals surface area contributed by atoms with E-state index in [0.717, 1.165) is 62.3 Å². The number of methoxy groups -OCH3 is 2. The molecule has 15 nitrogen and oxygen atoms in total. The number of hydrogen-bond donors (Lipinski definition) is 3. The lowest BCUT2D eigenvalue weighted by Crippen LogP contribution is -2.58. The zero-order valence-electron chi connectivity index (χ0n) is 33.5. The summed E-state index contributed by atoms with van der Waals surface area (Å²) < 4.78 is 51.9. The van der Waals surface area contributed by atoms with E-state index in [4.69, 9.17) is 18.9 Å². The van der Waals surface area contributed by atoms with Gasteiger partial charge in [0.2, 0.25) is 27.7 Å². The Morgan fingerprint density at radius 2 is 1.72 bits per heavy atom. The summed E-state index contributed by atoms with van der Waals surface area (Å²) in [6.07, 6.45) is 8.24. The van der Waals surface area contributed by atoms with Crippen LogP contribution < -0.4 is 29.6 Å². The van der Waals surface area contributed by atoms with E-state index in [2.05, 4.69) is 20.3 Å². The number of amides is 4. The third-order valence-electron chi connectivity index (χ3n) is 12.3. The quantitative estimate of drug-likeness (QED) is 0.380. The smallest absolute Gasteiger partial charge is 0.407 e. The molecule has 4 amide bonds. The standard InChI is InChI=1S/C41H57N5O10S/c1-40(2)17-11-10-12-25-18-29-31(20-33(25)53-3)42-35(54-4)21-34(29)56-27-19-32-36(47)44-41(38(49)45-57(51,52)28-15-16-28)22-26(41)13-8-6-5-7-9-14-30(37(48)46(32)23-27)43-39(50)55-24-40/h18,20-21,26-28,30,32H,5-17,19,22-24H2,1-4H3,(H,43,50)(H,44,47)(H,45,49)/t26-,27+,30-,32-,41+/m0/s1. The summed E-state index contributed by atoms with van der Waals surface area (Å²) in [5, 5.41) is 5.90. The molecule has 16 heteroatoms. The van der Waals surface area contributed by atoms with Gasteiger partial charge < -0.3 is 34.5 Å². The summed E-state index contributed by atoms with van der Waals surface area (Å²) in [6, 6.07) is 3.49. The van der Waals surface area contributed by atoms with Crippen molar-refractivity contribution in [1.29, 1.82) is 0 Å². The van der Waals surface area contributed by atoms with Crippen molar-refractivity contribution >= 4 is 44.7 Å². The number of rotatable bonds is 5. The number of fused-ring (bicyclic) bond motifs is 4. The highest BCUT2D eigenvalue weighted by Crippen LogP contribution is 2.48. The van der Waals surface area contributed by atoms with Crippen molar-refractivity contribution in [2.45, 2.75) is 139 Å². The second kappa shape index (κ2) is 16.5. The Morgan fingerprint density at radius 3 is 2.46 bits per heavy atom. The van der Waals surface area contributed by atoms with Gasteiger partial charge in [-0.15, -0.1) is 0 Å². The van der Waals surface area contributed by atoms with Crippen molar-refractivity contribution in [2.24, 2.45) is 11.3 Å². The van der Waals surface area contributed by atoms with Gasteiger partial charge >= 0.3 is 6.09 Å². The van der Waals surface area contributed by atoms with Gasteiger partial charge in [-0.25, -0.2) is 18.2 Å². The number of carbonyl (C=O) groups excluding carboxylic acids is 4. The maximum Gasteiger partial charge on any atom is 0.407 e. The Morgan fingerprint density at radius 1 is 0.965 bits per heavy atom. The molecule has 2 aromatic rings. The maximum absolute atomic E-state index is 14.7. The second-order valence-electron chi connectivity index (χ2n) is 17.4. The van der Waals surface area contributed by atoms with Gasteiger partial charge in [0.1, 0.15) is 35.2 Å². The molecule has 2 aliphatic carbocycles. The lowest BCUT2D eigenvalue weighted by atomic mass is 9.87. The molecule has 7 rings (SSSR count). The summed E-state index contributed by atoms with van der Waals surface area (Å²) in [4.78, 5) is 62.5. The molecule has 1 aromatic heterocycles. The fourth-order valence-electron chi connectivity index (χ4n) is 8.70. The van der Waals surface area contributed by atoms with Crippen molar-refractivity contribution in [2.75, 3.05) is 27.4 Å². The average molecular weight is 812 g/mol. The lowest BCUT2D eigenvalue weighted by Gasteiger charge is -2.30. The molecule has 5 atom stereocenters. The van der Waals surface area contributed by atoms with Crippen LogP contribution in [0.15, 0.2) is 18.2 Å². The van der Waals surface area contributed by atoms with Gasteiger partial charge in [0.05, 0.1) is 38.1 Å². The van der Waals surface area contributed by atoms with Crippen molar-refractivity contribution in [3.05, 3.63) is 23.8 Å². The summed E-state index contributed by atoms with van der Waals surface area (Å²) >= 11 is 0. The molecule has 4 fully saturated rings. The number of carbonyl (C=O) groups is 4. The first kappa shape index (κ1) is 40.8. The molecular formula is C41H57N5O10S. The SMILES string of the molecule is COc1cc2c3cc(c(OC)cc3n1)CCCCC(C)(C)COC(=O)N[C@H]1CCCCCCC[C@H]3C[C@@]3(C(=O)NS(=O)(=O)C3CC3)NC(=O)[C@@H]3C[C@H](CN3C1=O)O2. The maximum atomic E-state index is 14.7. The van der Waals surface area contributed by atoms with Gasteiger partial charge in [-0.3, -0.25) is 19.1 Å². The zero-order chi connectivity index (χ0) is 40.5. The highest BCUT2D eigenvalue weighted by Gasteiger charge is 2.62. The molecular weight excluding hydrogens is 755 g/mol. The van der Waals surface area contributed by atoms with E-state index in [-0.39, 0.29) is 30.9 Å². The van der Waals surface area contributed by atoms with Gasteiger partial charge in [-0.1, -0.05) is 52.4 Å². The number of hydrogen-bond acceptors (Lipinski definition) is 11. The van der Waals surface area contributed by atoms with E-state index >= 15 is 0 Å². The van der Waals surface area contributed by atoms with Crippen LogP contribution in [-0.4, -0.2) is 98.5 Å². The van der Waals surface area contributed by atoms with Crippen molar-refractivity contribution < 1.29 is 46.5 Å². The van der Waals surface area contributed by atoms with Crippen LogP contribution in [0.3, 0.4) is 0 Å². The van der Waals surface area contributed by atoms with Crippen LogP contribution in [0.25, 0.3) is 10.9 Å². The fraction of sp³-hybridized carbons (Fsp3) is 0.683. The fourth-order valence-corrected chi connectivity index (χ4v) is 10.1. The first-order chi connectivity index (χ1) is 27.2. The monoisotopic (exact) mass is 811 g/mol. The highest BCUT2D eigenvalue weighted by atomic mass is 32.2. The number of cyclic esters (lactones) is 1. The number of aryl methyl sites for hydroxylation is 1. The first-order valence-electron chi connectivity index (χ1n) is 20.6. The van der Waals surface area contributed by atoms with Crippen molar-refractivity contribution in [1.82, 2.24) is 25.2 Å². The van der Waals surface area contributed by atoms with E-state index in [1.807, 2.05) is 26.0 Å². The van der Waals surface area contributed by atoms with Gasteiger partial charge in [0.25, 0.3) is 5.91 Å². The van der Waals surface area contributed by atoms with Crippen LogP contribution in [0.2, 0.25) is 0 Å². The molecule has 2 saturated heterocycles. The van der Waals surface area contributed by atoms with E-state index in [1.165, 1.54) is 12.0 Å².